The number of carboxylic acid groups (broad SMARTS) is 1. The van der Waals surface area contributed by atoms with Crippen molar-refractivity contribution in [1.82, 2.24) is 10.3 Å². The molecule has 3 aromatic rings. The number of carboxylic acids is 1. The quantitative estimate of drug-likeness (QED) is 0.608. The Morgan fingerprint density at radius 1 is 1.14 bits per heavy atom. The zero-order valence-corrected chi connectivity index (χ0v) is 16.0. The maximum atomic E-state index is 11.8. The maximum absolute atomic E-state index is 11.8. The molecule has 28 heavy (non-hydrogen) atoms. The molecule has 0 saturated carbocycles. The van der Waals surface area contributed by atoms with Gasteiger partial charge in [0.1, 0.15) is 17.5 Å². The Morgan fingerprint density at radius 2 is 1.93 bits per heavy atom. The van der Waals surface area contributed by atoms with E-state index in [1.54, 1.807) is 0 Å². The number of benzene rings is 2. The second kappa shape index (κ2) is 7.56. The number of ether oxygens (including phenoxy) is 2. The van der Waals surface area contributed by atoms with Gasteiger partial charge in [-0.3, -0.25) is 10.1 Å². The Balaban J connectivity index is 1.86. The lowest BCUT2D eigenvalue weighted by Gasteiger charge is -2.30. The fraction of sp³-hybridized carbons (Fsp3) is 0.318. The van der Waals surface area contributed by atoms with Crippen LogP contribution in [0.25, 0.3) is 10.9 Å². The average Bonchev–Trinajstić information content (AvgIpc) is 3.07. The highest BCUT2D eigenvalue weighted by atomic mass is 16.5. The van der Waals surface area contributed by atoms with E-state index in [1.165, 1.54) is 0 Å². The van der Waals surface area contributed by atoms with Gasteiger partial charge in [0, 0.05) is 34.6 Å². The SMILES string of the molecule is CCOc1ccc(C2NC(C(=O)O)Cc3c2[nH]c2ccccc32)c(OCC)c1. The summed E-state index contributed by atoms with van der Waals surface area (Å²) in [7, 11) is 0. The summed E-state index contributed by atoms with van der Waals surface area (Å²) in [5.74, 6) is 0.573. The molecule has 6 nitrogen and oxygen atoms in total. The minimum absolute atomic E-state index is 0.311. The summed E-state index contributed by atoms with van der Waals surface area (Å²) in [6.45, 7) is 4.95. The van der Waals surface area contributed by atoms with Gasteiger partial charge in [-0.05, 0) is 37.6 Å². The van der Waals surface area contributed by atoms with Crippen molar-refractivity contribution in [2.45, 2.75) is 32.4 Å². The Morgan fingerprint density at radius 3 is 2.68 bits per heavy atom. The van der Waals surface area contributed by atoms with Gasteiger partial charge in [-0.2, -0.15) is 0 Å². The molecule has 2 atom stereocenters. The highest BCUT2D eigenvalue weighted by Crippen LogP contribution is 2.39. The van der Waals surface area contributed by atoms with Gasteiger partial charge in [0.15, 0.2) is 0 Å². The Labute approximate surface area is 163 Å². The topological polar surface area (TPSA) is 83.6 Å². The summed E-state index contributed by atoms with van der Waals surface area (Å²) < 4.78 is 11.5. The van der Waals surface area contributed by atoms with E-state index in [-0.39, 0.29) is 6.04 Å². The lowest BCUT2D eigenvalue weighted by atomic mass is 9.90. The van der Waals surface area contributed by atoms with Crippen molar-refractivity contribution in [3.8, 4) is 11.5 Å². The highest BCUT2D eigenvalue weighted by molar-refractivity contribution is 5.87. The standard InChI is InChI=1S/C22H24N2O4/c1-3-27-13-9-10-15(19(11-13)28-4-2)20-21-16(12-18(24-20)22(25)26)14-7-5-6-8-17(14)23-21/h5-11,18,20,23-24H,3-4,12H2,1-2H3,(H,25,26). The van der Waals surface area contributed by atoms with Crippen molar-refractivity contribution in [1.29, 1.82) is 0 Å². The number of aromatic amines is 1. The molecule has 0 saturated heterocycles. The van der Waals surface area contributed by atoms with Crippen molar-refractivity contribution >= 4 is 16.9 Å². The first kappa shape index (κ1) is 18.4. The molecule has 6 heteroatoms. The molecule has 2 unspecified atom stereocenters. The second-order valence-corrected chi connectivity index (χ2v) is 6.82. The molecule has 3 N–H and O–H groups in total. The second-order valence-electron chi connectivity index (χ2n) is 6.82. The summed E-state index contributed by atoms with van der Waals surface area (Å²) in [6.07, 6.45) is 0.437. The number of aromatic nitrogens is 1. The van der Waals surface area contributed by atoms with Gasteiger partial charge in [0.05, 0.1) is 19.3 Å². The Hall–Kier alpha value is -2.99. The smallest absolute Gasteiger partial charge is 0.321 e. The van der Waals surface area contributed by atoms with Gasteiger partial charge in [-0.15, -0.1) is 0 Å². The molecule has 146 valence electrons. The fourth-order valence-corrected chi connectivity index (χ4v) is 3.93. The molecule has 0 amide bonds. The first-order valence-corrected chi connectivity index (χ1v) is 9.60. The van der Waals surface area contributed by atoms with E-state index < -0.39 is 12.0 Å². The van der Waals surface area contributed by atoms with Gasteiger partial charge in [-0.25, -0.2) is 0 Å². The Kier molecular flexibility index (Phi) is 4.96. The van der Waals surface area contributed by atoms with E-state index in [0.717, 1.165) is 33.5 Å². The number of aliphatic carboxylic acids is 1. The number of hydrogen-bond donors (Lipinski definition) is 3. The number of rotatable bonds is 6. The van der Waals surface area contributed by atoms with Crippen LogP contribution in [-0.2, 0) is 11.2 Å². The predicted molar refractivity (Wildman–Crippen MR) is 107 cm³/mol. The molecular formula is C22H24N2O4. The van der Waals surface area contributed by atoms with Crippen molar-refractivity contribution < 1.29 is 19.4 Å². The third kappa shape index (κ3) is 3.20. The molecule has 0 bridgehead atoms. The van der Waals surface area contributed by atoms with Gasteiger partial charge < -0.3 is 19.6 Å². The minimum Gasteiger partial charge on any atom is -0.494 e. The molecule has 0 aliphatic carbocycles. The number of H-pyrrole nitrogens is 1. The van der Waals surface area contributed by atoms with Gasteiger partial charge >= 0.3 is 5.97 Å². The van der Waals surface area contributed by atoms with Crippen molar-refractivity contribution in [2.24, 2.45) is 0 Å². The summed E-state index contributed by atoms with van der Waals surface area (Å²) >= 11 is 0. The summed E-state index contributed by atoms with van der Waals surface area (Å²) in [5.41, 5.74) is 3.94. The third-order valence-electron chi connectivity index (χ3n) is 5.12. The third-order valence-corrected chi connectivity index (χ3v) is 5.12. The molecule has 1 aliphatic rings. The summed E-state index contributed by atoms with van der Waals surface area (Å²) in [4.78, 5) is 15.3. The molecule has 2 aromatic carbocycles. The number of nitrogens with one attached hydrogen (secondary N) is 2. The van der Waals surface area contributed by atoms with Crippen LogP contribution in [0.5, 0.6) is 11.5 Å². The van der Waals surface area contributed by atoms with Crippen LogP contribution in [0.1, 0.15) is 36.7 Å². The van der Waals surface area contributed by atoms with Crippen LogP contribution in [-0.4, -0.2) is 35.3 Å². The molecule has 4 rings (SSSR count). The lowest BCUT2D eigenvalue weighted by molar-refractivity contribution is -0.139. The lowest BCUT2D eigenvalue weighted by Crippen LogP contribution is -2.45. The monoisotopic (exact) mass is 380 g/mol. The average molecular weight is 380 g/mol. The van der Waals surface area contributed by atoms with Crippen LogP contribution >= 0.6 is 0 Å². The van der Waals surface area contributed by atoms with Crippen molar-refractivity contribution in [2.75, 3.05) is 13.2 Å². The Bertz CT molecular complexity index is 1010. The maximum Gasteiger partial charge on any atom is 0.321 e. The zero-order chi connectivity index (χ0) is 19.7. The first-order chi connectivity index (χ1) is 13.6. The largest absolute Gasteiger partial charge is 0.494 e. The van der Waals surface area contributed by atoms with Gasteiger partial charge in [-0.1, -0.05) is 18.2 Å². The van der Waals surface area contributed by atoms with Crippen LogP contribution < -0.4 is 14.8 Å². The van der Waals surface area contributed by atoms with Crippen LogP contribution in [0.15, 0.2) is 42.5 Å². The predicted octanol–water partition coefficient (Wildman–Crippen LogP) is 3.65. The van der Waals surface area contributed by atoms with E-state index in [2.05, 4.69) is 10.3 Å². The molecular weight excluding hydrogens is 356 g/mol. The van der Waals surface area contributed by atoms with Crippen LogP contribution in [0, 0.1) is 0 Å². The van der Waals surface area contributed by atoms with Crippen LogP contribution in [0.3, 0.4) is 0 Å². The van der Waals surface area contributed by atoms with Gasteiger partial charge in [0.2, 0.25) is 0 Å². The summed E-state index contributed by atoms with van der Waals surface area (Å²) in [5, 5.41) is 14.1. The molecule has 0 radical (unpaired) electrons. The molecule has 1 aliphatic heterocycles. The molecule has 0 spiro atoms. The van der Waals surface area contributed by atoms with E-state index in [9.17, 15) is 9.90 Å². The first-order valence-electron chi connectivity index (χ1n) is 9.60. The van der Waals surface area contributed by atoms with Crippen molar-refractivity contribution in [3.63, 3.8) is 0 Å². The molecule has 0 fully saturated rings. The molecule has 1 aromatic heterocycles. The minimum atomic E-state index is -0.857. The zero-order valence-electron chi connectivity index (χ0n) is 16.0. The number of hydrogen-bond acceptors (Lipinski definition) is 4. The number of carbonyl (C=O) groups is 1. The molecule has 2 heterocycles. The van der Waals surface area contributed by atoms with Crippen LogP contribution in [0.4, 0.5) is 0 Å². The number of para-hydroxylation sites is 1. The van der Waals surface area contributed by atoms with E-state index in [0.29, 0.717) is 25.4 Å². The normalized spacial score (nSPS) is 18.6. The highest BCUT2D eigenvalue weighted by Gasteiger charge is 2.35. The van der Waals surface area contributed by atoms with Crippen molar-refractivity contribution in [3.05, 3.63) is 59.3 Å². The fourth-order valence-electron chi connectivity index (χ4n) is 3.93. The van der Waals surface area contributed by atoms with E-state index in [1.807, 2.05) is 56.3 Å². The number of fused-ring (bicyclic) bond motifs is 3. The summed E-state index contributed by atoms with van der Waals surface area (Å²) in [6, 6.07) is 12.7. The van der Waals surface area contributed by atoms with Gasteiger partial charge in [0.25, 0.3) is 0 Å². The van der Waals surface area contributed by atoms with E-state index >= 15 is 0 Å². The van der Waals surface area contributed by atoms with E-state index in [4.69, 9.17) is 9.47 Å². The van der Waals surface area contributed by atoms with Crippen LogP contribution in [0.2, 0.25) is 0 Å².